The first-order valence-electron chi connectivity index (χ1n) is 7.17. The van der Waals surface area contributed by atoms with E-state index in [2.05, 4.69) is 44.4 Å². The smallest absolute Gasteiger partial charge is 0.192 e. The van der Waals surface area contributed by atoms with Crippen molar-refractivity contribution in [3.05, 3.63) is 52.4 Å². The predicted molar refractivity (Wildman–Crippen MR) is 92.6 cm³/mol. The molecule has 0 N–H and O–H groups in total. The van der Waals surface area contributed by atoms with Gasteiger partial charge in [0.15, 0.2) is 11.0 Å². The average molecular weight is 348 g/mol. The lowest BCUT2D eigenvalue weighted by Gasteiger charge is -2.07. The fourth-order valence-corrected chi connectivity index (χ4v) is 4.13. The second-order valence-electron chi connectivity index (χ2n) is 5.30. The van der Waals surface area contributed by atoms with E-state index in [0.29, 0.717) is 6.04 Å². The number of hydrogen-bond donors (Lipinski definition) is 0. The van der Waals surface area contributed by atoms with Gasteiger partial charge in [-0.05, 0) is 42.0 Å². The molecule has 1 aromatic carbocycles. The molecule has 112 valence electrons. The van der Waals surface area contributed by atoms with E-state index in [-0.39, 0.29) is 0 Å². The summed E-state index contributed by atoms with van der Waals surface area (Å²) in [4.78, 5) is 1.19. The van der Waals surface area contributed by atoms with E-state index in [1.165, 1.54) is 23.3 Å². The summed E-state index contributed by atoms with van der Waals surface area (Å²) >= 11 is 9.39. The Labute approximate surface area is 142 Å². The first-order valence-corrected chi connectivity index (χ1v) is 9.41. The maximum Gasteiger partial charge on any atom is 0.192 e. The third-order valence-corrected chi connectivity index (χ3v) is 5.73. The second kappa shape index (κ2) is 6.07. The summed E-state index contributed by atoms with van der Waals surface area (Å²) in [6.45, 7) is 0. The molecule has 0 atom stereocenters. The van der Waals surface area contributed by atoms with E-state index < -0.39 is 0 Å². The van der Waals surface area contributed by atoms with Gasteiger partial charge in [0, 0.05) is 16.8 Å². The van der Waals surface area contributed by atoms with Crippen LogP contribution in [0.2, 0.25) is 5.02 Å². The molecule has 6 heteroatoms. The highest BCUT2D eigenvalue weighted by Crippen LogP contribution is 2.42. The van der Waals surface area contributed by atoms with Crippen LogP contribution in [0.15, 0.2) is 46.9 Å². The summed E-state index contributed by atoms with van der Waals surface area (Å²) in [6, 6.07) is 12.7. The van der Waals surface area contributed by atoms with Crippen molar-refractivity contribution in [1.82, 2.24) is 14.8 Å². The Morgan fingerprint density at radius 3 is 2.68 bits per heavy atom. The van der Waals surface area contributed by atoms with Crippen LogP contribution in [-0.4, -0.2) is 14.8 Å². The standard InChI is InChI=1S/C16H14ClN3S2/c17-12-5-3-11(4-6-12)10-22-16-19-18-15(14-2-1-9-21-14)20(16)13-7-8-13/h1-6,9,13H,7-8,10H2. The maximum atomic E-state index is 5.93. The number of rotatable bonds is 5. The van der Waals surface area contributed by atoms with Gasteiger partial charge < -0.3 is 0 Å². The molecule has 2 aromatic heterocycles. The van der Waals surface area contributed by atoms with E-state index in [4.69, 9.17) is 11.6 Å². The molecule has 1 aliphatic carbocycles. The van der Waals surface area contributed by atoms with Crippen LogP contribution < -0.4 is 0 Å². The Hall–Kier alpha value is -1.30. The van der Waals surface area contributed by atoms with Crippen LogP contribution in [0.4, 0.5) is 0 Å². The normalized spacial score (nSPS) is 14.4. The molecule has 0 bridgehead atoms. The molecule has 3 aromatic rings. The molecule has 1 aliphatic rings. The van der Waals surface area contributed by atoms with Crippen molar-refractivity contribution in [2.45, 2.75) is 29.8 Å². The number of aromatic nitrogens is 3. The third-order valence-electron chi connectivity index (χ3n) is 3.60. The lowest BCUT2D eigenvalue weighted by Crippen LogP contribution is -1.98. The van der Waals surface area contributed by atoms with Gasteiger partial charge in [-0.25, -0.2) is 0 Å². The highest BCUT2D eigenvalue weighted by atomic mass is 35.5. The van der Waals surface area contributed by atoms with Crippen molar-refractivity contribution in [2.75, 3.05) is 0 Å². The van der Waals surface area contributed by atoms with E-state index in [1.54, 1.807) is 23.1 Å². The van der Waals surface area contributed by atoms with Crippen LogP contribution in [0.1, 0.15) is 24.4 Å². The first-order chi connectivity index (χ1) is 10.8. The van der Waals surface area contributed by atoms with E-state index in [1.807, 2.05) is 12.1 Å². The van der Waals surface area contributed by atoms with Gasteiger partial charge in [0.05, 0.1) is 4.88 Å². The molecule has 1 fully saturated rings. The van der Waals surface area contributed by atoms with Crippen LogP contribution >= 0.6 is 34.7 Å². The number of benzene rings is 1. The van der Waals surface area contributed by atoms with Gasteiger partial charge in [-0.1, -0.05) is 41.6 Å². The summed E-state index contributed by atoms with van der Waals surface area (Å²) in [5.74, 6) is 1.89. The minimum absolute atomic E-state index is 0.569. The van der Waals surface area contributed by atoms with Crippen molar-refractivity contribution >= 4 is 34.7 Å². The van der Waals surface area contributed by atoms with Gasteiger partial charge in [0.1, 0.15) is 0 Å². The van der Waals surface area contributed by atoms with E-state index in [0.717, 1.165) is 21.8 Å². The Bertz CT molecular complexity index is 761. The zero-order valence-electron chi connectivity index (χ0n) is 11.8. The minimum Gasteiger partial charge on any atom is -0.298 e. The summed E-state index contributed by atoms with van der Waals surface area (Å²) in [6.07, 6.45) is 2.45. The van der Waals surface area contributed by atoms with Crippen LogP contribution in [0.5, 0.6) is 0 Å². The second-order valence-corrected chi connectivity index (χ2v) is 7.63. The molecule has 2 heterocycles. The van der Waals surface area contributed by atoms with Crippen LogP contribution in [-0.2, 0) is 5.75 Å². The van der Waals surface area contributed by atoms with Crippen LogP contribution in [0, 0.1) is 0 Å². The summed E-state index contributed by atoms with van der Waals surface area (Å²) in [5.41, 5.74) is 1.25. The SMILES string of the molecule is Clc1ccc(CSc2nnc(-c3cccs3)n2C2CC2)cc1. The average Bonchev–Trinajstić information content (AvgIpc) is 3.06. The topological polar surface area (TPSA) is 30.7 Å². The van der Waals surface area contributed by atoms with Crippen LogP contribution in [0.25, 0.3) is 10.7 Å². The van der Waals surface area contributed by atoms with Crippen molar-refractivity contribution in [1.29, 1.82) is 0 Å². The zero-order valence-corrected chi connectivity index (χ0v) is 14.2. The number of nitrogens with zero attached hydrogens (tertiary/aromatic N) is 3. The molecule has 4 rings (SSSR count). The molecule has 22 heavy (non-hydrogen) atoms. The lowest BCUT2D eigenvalue weighted by molar-refractivity contribution is 0.670. The fraction of sp³-hybridized carbons (Fsp3) is 0.250. The Balaban J connectivity index is 1.58. The van der Waals surface area contributed by atoms with Gasteiger partial charge in [-0.2, -0.15) is 0 Å². The van der Waals surface area contributed by atoms with Gasteiger partial charge >= 0.3 is 0 Å². The van der Waals surface area contributed by atoms with Gasteiger partial charge in [-0.3, -0.25) is 4.57 Å². The largest absolute Gasteiger partial charge is 0.298 e. The number of hydrogen-bond acceptors (Lipinski definition) is 4. The number of thiophene rings is 1. The quantitative estimate of drug-likeness (QED) is 0.588. The Morgan fingerprint density at radius 2 is 2.00 bits per heavy atom. The van der Waals surface area contributed by atoms with Crippen molar-refractivity contribution in [3.8, 4) is 10.7 Å². The third kappa shape index (κ3) is 2.93. The van der Waals surface area contributed by atoms with Gasteiger partial charge in [0.2, 0.25) is 0 Å². The molecular weight excluding hydrogens is 334 g/mol. The van der Waals surface area contributed by atoms with Gasteiger partial charge in [-0.15, -0.1) is 21.5 Å². The number of halogens is 1. The summed E-state index contributed by atoms with van der Waals surface area (Å²) < 4.78 is 2.31. The minimum atomic E-state index is 0.569. The highest BCUT2D eigenvalue weighted by Gasteiger charge is 2.30. The molecule has 0 radical (unpaired) electrons. The maximum absolute atomic E-state index is 5.93. The van der Waals surface area contributed by atoms with E-state index >= 15 is 0 Å². The zero-order chi connectivity index (χ0) is 14.9. The highest BCUT2D eigenvalue weighted by molar-refractivity contribution is 7.98. The molecule has 3 nitrogen and oxygen atoms in total. The van der Waals surface area contributed by atoms with Crippen LogP contribution in [0.3, 0.4) is 0 Å². The van der Waals surface area contributed by atoms with Crippen molar-refractivity contribution in [2.24, 2.45) is 0 Å². The molecular formula is C16H14ClN3S2. The monoisotopic (exact) mass is 347 g/mol. The molecule has 0 unspecified atom stereocenters. The molecule has 1 saturated carbocycles. The predicted octanol–water partition coefficient (Wildman–Crippen LogP) is 5.29. The van der Waals surface area contributed by atoms with E-state index in [9.17, 15) is 0 Å². The van der Waals surface area contributed by atoms with Crippen molar-refractivity contribution < 1.29 is 0 Å². The number of thioether (sulfide) groups is 1. The molecule has 0 amide bonds. The summed E-state index contributed by atoms with van der Waals surface area (Å²) in [7, 11) is 0. The molecule has 0 saturated heterocycles. The first kappa shape index (κ1) is 14.3. The van der Waals surface area contributed by atoms with Crippen molar-refractivity contribution in [3.63, 3.8) is 0 Å². The molecule has 0 spiro atoms. The molecule has 0 aliphatic heterocycles. The Kier molecular flexibility index (Phi) is 3.94. The summed E-state index contributed by atoms with van der Waals surface area (Å²) in [5, 5.41) is 12.7. The Morgan fingerprint density at radius 1 is 1.18 bits per heavy atom. The lowest BCUT2D eigenvalue weighted by atomic mass is 10.2. The van der Waals surface area contributed by atoms with Gasteiger partial charge in [0.25, 0.3) is 0 Å². The fourth-order valence-electron chi connectivity index (χ4n) is 2.34.